The molecule has 7 heteroatoms. The van der Waals surface area contributed by atoms with Crippen molar-refractivity contribution in [1.29, 1.82) is 0 Å². The van der Waals surface area contributed by atoms with E-state index in [0.717, 1.165) is 41.4 Å². The van der Waals surface area contributed by atoms with E-state index in [-0.39, 0.29) is 24.4 Å². The maximum atomic E-state index is 13.2. The molecule has 0 saturated carbocycles. The fourth-order valence-electron chi connectivity index (χ4n) is 4.71. The van der Waals surface area contributed by atoms with Crippen LogP contribution in [0.25, 0.3) is 10.9 Å². The molecule has 32 heavy (non-hydrogen) atoms. The minimum absolute atomic E-state index is 0.168. The van der Waals surface area contributed by atoms with Crippen molar-refractivity contribution in [3.8, 4) is 0 Å². The molecule has 2 heterocycles. The van der Waals surface area contributed by atoms with E-state index >= 15 is 0 Å². The molecule has 1 aliphatic heterocycles. The van der Waals surface area contributed by atoms with Crippen molar-refractivity contribution in [1.82, 2.24) is 9.88 Å². The van der Waals surface area contributed by atoms with E-state index in [9.17, 15) is 14.4 Å². The van der Waals surface area contributed by atoms with Gasteiger partial charge in [-0.25, -0.2) is 4.79 Å². The highest BCUT2D eigenvalue weighted by molar-refractivity contribution is 6.05. The van der Waals surface area contributed by atoms with Gasteiger partial charge in [-0.1, -0.05) is 25.1 Å². The molecule has 2 aliphatic rings. The molecular weight excluding hydrogens is 408 g/mol. The number of rotatable bonds is 5. The van der Waals surface area contributed by atoms with Crippen molar-refractivity contribution in [2.45, 2.75) is 46.0 Å². The number of pyridine rings is 1. The van der Waals surface area contributed by atoms with Crippen LogP contribution in [0.5, 0.6) is 0 Å². The van der Waals surface area contributed by atoms with Crippen LogP contribution < -0.4 is 0 Å². The second-order valence-corrected chi connectivity index (χ2v) is 8.76. The van der Waals surface area contributed by atoms with Crippen molar-refractivity contribution in [2.24, 2.45) is 11.8 Å². The van der Waals surface area contributed by atoms with Gasteiger partial charge in [0.15, 0.2) is 6.61 Å². The Kier molecular flexibility index (Phi) is 6.72. The number of fused-ring (bicyclic) bond motifs is 2. The van der Waals surface area contributed by atoms with Gasteiger partial charge in [0.2, 0.25) is 0 Å². The number of carbonyl (C=O) groups is 3. The van der Waals surface area contributed by atoms with Crippen molar-refractivity contribution < 1.29 is 23.9 Å². The predicted octanol–water partition coefficient (Wildman–Crippen LogP) is 3.32. The van der Waals surface area contributed by atoms with Gasteiger partial charge in [-0.2, -0.15) is 0 Å². The van der Waals surface area contributed by atoms with Crippen molar-refractivity contribution >= 4 is 28.7 Å². The summed E-state index contributed by atoms with van der Waals surface area (Å²) in [7, 11) is 0. The number of nitrogens with zero attached hydrogens (tertiary/aromatic N) is 2. The molecule has 1 atom stereocenters. The summed E-state index contributed by atoms with van der Waals surface area (Å²) in [5.41, 5.74) is 3.24. The van der Waals surface area contributed by atoms with Gasteiger partial charge in [-0.3, -0.25) is 14.6 Å². The van der Waals surface area contributed by atoms with Gasteiger partial charge in [0.25, 0.3) is 5.91 Å². The van der Waals surface area contributed by atoms with Crippen LogP contribution >= 0.6 is 0 Å². The van der Waals surface area contributed by atoms with Crippen LogP contribution in [0.15, 0.2) is 24.3 Å². The monoisotopic (exact) mass is 438 g/mol. The lowest BCUT2D eigenvalue weighted by Gasteiger charge is -2.30. The average molecular weight is 439 g/mol. The Morgan fingerprint density at radius 1 is 1.09 bits per heavy atom. The minimum atomic E-state index is -0.469. The number of esters is 2. The van der Waals surface area contributed by atoms with Gasteiger partial charge in [0, 0.05) is 24.2 Å². The lowest BCUT2D eigenvalue weighted by Crippen LogP contribution is -2.42. The summed E-state index contributed by atoms with van der Waals surface area (Å²) >= 11 is 0. The number of amides is 1. The number of aromatic nitrogens is 1. The molecule has 0 bridgehead atoms. The quantitative estimate of drug-likeness (QED) is 0.666. The highest BCUT2D eigenvalue weighted by Gasteiger charge is 2.30. The average Bonchev–Trinajstić information content (AvgIpc) is 2.81. The van der Waals surface area contributed by atoms with Crippen LogP contribution in [0.3, 0.4) is 0 Å². The molecule has 1 amide bonds. The van der Waals surface area contributed by atoms with Gasteiger partial charge >= 0.3 is 11.9 Å². The van der Waals surface area contributed by atoms with E-state index in [2.05, 4.69) is 6.92 Å². The SMILES string of the molecule is CCOC(=O)C1CCN(C(=O)COC(=O)c2c3c(nc4ccccc24)CCC(C)C3)CC1. The number of hydrogen-bond acceptors (Lipinski definition) is 6. The summed E-state index contributed by atoms with van der Waals surface area (Å²) in [6, 6.07) is 7.59. The number of benzene rings is 1. The van der Waals surface area contributed by atoms with Crippen molar-refractivity contribution in [3.63, 3.8) is 0 Å². The first kappa shape index (κ1) is 22.2. The van der Waals surface area contributed by atoms with Crippen LogP contribution in [0.1, 0.15) is 54.7 Å². The zero-order chi connectivity index (χ0) is 22.7. The lowest BCUT2D eigenvalue weighted by atomic mass is 9.84. The first-order valence-electron chi connectivity index (χ1n) is 11.5. The Morgan fingerprint density at radius 2 is 1.84 bits per heavy atom. The van der Waals surface area contributed by atoms with Gasteiger partial charge in [-0.15, -0.1) is 0 Å². The van der Waals surface area contributed by atoms with Crippen molar-refractivity contribution in [2.75, 3.05) is 26.3 Å². The number of likely N-dealkylation sites (tertiary alicyclic amines) is 1. The van der Waals surface area contributed by atoms with E-state index < -0.39 is 5.97 Å². The van der Waals surface area contributed by atoms with E-state index in [1.54, 1.807) is 11.8 Å². The van der Waals surface area contributed by atoms with Gasteiger partial charge in [-0.05, 0) is 56.6 Å². The molecule has 4 rings (SSSR count). The third-order valence-electron chi connectivity index (χ3n) is 6.50. The van der Waals surface area contributed by atoms with E-state index in [1.807, 2.05) is 24.3 Å². The van der Waals surface area contributed by atoms with E-state index in [4.69, 9.17) is 14.5 Å². The topological polar surface area (TPSA) is 85.8 Å². The Bertz CT molecular complexity index is 1030. The largest absolute Gasteiger partial charge is 0.466 e. The highest BCUT2D eigenvalue weighted by Crippen LogP contribution is 2.32. The number of piperidine rings is 1. The van der Waals surface area contributed by atoms with Crippen LogP contribution in [0, 0.1) is 11.8 Å². The van der Waals surface area contributed by atoms with Gasteiger partial charge < -0.3 is 14.4 Å². The van der Waals surface area contributed by atoms with Gasteiger partial charge in [0.1, 0.15) is 0 Å². The molecular formula is C25H30N2O5. The molecule has 0 N–H and O–H groups in total. The fourth-order valence-corrected chi connectivity index (χ4v) is 4.71. The van der Waals surface area contributed by atoms with E-state index in [0.29, 0.717) is 44.0 Å². The summed E-state index contributed by atoms with van der Waals surface area (Å²) in [5, 5.41) is 0.771. The number of hydrogen-bond donors (Lipinski definition) is 0. The van der Waals surface area contributed by atoms with Crippen LogP contribution in [-0.2, 0) is 31.9 Å². The molecule has 1 aromatic heterocycles. The molecule has 2 aromatic rings. The molecule has 1 fully saturated rings. The zero-order valence-corrected chi connectivity index (χ0v) is 18.8. The molecule has 7 nitrogen and oxygen atoms in total. The smallest absolute Gasteiger partial charge is 0.339 e. The standard InChI is InChI=1S/C25H30N2O5/c1-3-31-24(29)17-10-12-27(13-11-17)22(28)15-32-25(30)23-18-6-4-5-7-20(18)26-21-9-8-16(2)14-19(21)23/h4-7,16-17H,3,8-15H2,1-2H3. The summed E-state index contributed by atoms with van der Waals surface area (Å²) in [4.78, 5) is 44.1. The molecule has 1 saturated heterocycles. The number of ether oxygens (including phenoxy) is 2. The summed E-state index contributed by atoms with van der Waals surface area (Å²) < 4.78 is 10.6. The maximum absolute atomic E-state index is 13.2. The lowest BCUT2D eigenvalue weighted by molar-refractivity contribution is -0.151. The number of para-hydroxylation sites is 1. The molecule has 1 unspecified atom stereocenters. The summed E-state index contributed by atoms with van der Waals surface area (Å²) in [6.45, 7) is 4.95. The van der Waals surface area contributed by atoms with Crippen LogP contribution in [-0.4, -0.2) is 54.0 Å². The second kappa shape index (κ2) is 9.67. The zero-order valence-electron chi connectivity index (χ0n) is 18.8. The van der Waals surface area contributed by atoms with Gasteiger partial charge in [0.05, 0.1) is 23.6 Å². The third kappa shape index (κ3) is 4.61. The maximum Gasteiger partial charge on any atom is 0.339 e. The Labute approximate surface area is 188 Å². The van der Waals surface area contributed by atoms with Crippen LogP contribution in [0.4, 0.5) is 0 Å². The molecule has 1 aromatic carbocycles. The second-order valence-electron chi connectivity index (χ2n) is 8.76. The number of aryl methyl sites for hydroxylation is 1. The number of carbonyl (C=O) groups excluding carboxylic acids is 3. The Hall–Kier alpha value is -2.96. The highest BCUT2D eigenvalue weighted by atomic mass is 16.5. The first-order valence-corrected chi connectivity index (χ1v) is 11.5. The first-order chi connectivity index (χ1) is 15.5. The summed E-state index contributed by atoms with van der Waals surface area (Å²) in [5.74, 6) is -0.600. The normalized spacial score (nSPS) is 18.8. The van der Waals surface area contributed by atoms with E-state index in [1.165, 1.54) is 0 Å². The third-order valence-corrected chi connectivity index (χ3v) is 6.50. The Morgan fingerprint density at radius 3 is 2.59 bits per heavy atom. The predicted molar refractivity (Wildman–Crippen MR) is 119 cm³/mol. The molecule has 1 aliphatic carbocycles. The van der Waals surface area contributed by atoms with Crippen LogP contribution in [0.2, 0.25) is 0 Å². The molecule has 0 spiro atoms. The van der Waals surface area contributed by atoms with Crippen molar-refractivity contribution in [3.05, 3.63) is 41.1 Å². The summed E-state index contributed by atoms with van der Waals surface area (Å²) in [6.07, 6.45) is 3.81. The minimum Gasteiger partial charge on any atom is -0.466 e. The molecule has 0 radical (unpaired) electrons. The Balaban J connectivity index is 1.44. The fraction of sp³-hybridized carbons (Fsp3) is 0.520. The molecule has 170 valence electrons.